The molecule has 6 nitrogen and oxygen atoms in total. The van der Waals surface area contributed by atoms with Gasteiger partial charge in [0.25, 0.3) is 0 Å². The molecule has 224 valence electrons. The molecule has 3 N–H and O–H groups in total. The number of ether oxygens (including phenoxy) is 1. The summed E-state index contributed by atoms with van der Waals surface area (Å²) in [5.41, 5.74) is 8.25. The first-order valence-electron chi connectivity index (χ1n) is 15.5. The van der Waals surface area contributed by atoms with E-state index in [1.165, 1.54) is 12.1 Å². The first-order chi connectivity index (χ1) is 19.6. The number of furan rings is 1. The van der Waals surface area contributed by atoms with Gasteiger partial charge >= 0.3 is 5.97 Å². The minimum Gasteiger partial charge on any atom is -0.478 e. The number of carboxylic acid groups (broad SMARTS) is 1. The highest BCUT2D eigenvalue weighted by atomic mass is 16.5. The Morgan fingerprint density at radius 3 is 1.95 bits per heavy atom. The van der Waals surface area contributed by atoms with Crippen LogP contribution in [-0.4, -0.2) is 22.5 Å². The van der Waals surface area contributed by atoms with Gasteiger partial charge in [-0.15, -0.1) is 0 Å². The average Bonchev–Trinajstić information content (AvgIpc) is 3.34. The summed E-state index contributed by atoms with van der Waals surface area (Å²) in [6.07, 6.45) is 11.3. The van der Waals surface area contributed by atoms with E-state index in [9.17, 15) is 14.7 Å². The molecule has 3 rings (SSSR count). The Morgan fingerprint density at radius 2 is 1.39 bits per heavy atom. The molecule has 41 heavy (non-hydrogen) atoms. The molecule has 3 aromatic rings. The summed E-state index contributed by atoms with van der Waals surface area (Å²) in [5, 5.41) is 10.1. The molecule has 0 aliphatic heterocycles. The number of benzene rings is 2. The van der Waals surface area contributed by atoms with Gasteiger partial charge in [-0.1, -0.05) is 90.5 Å². The van der Waals surface area contributed by atoms with Crippen LogP contribution in [0.25, 0.3) is 11.0 Å². The predicted octanol–water partition coefficient (Wildman–Crippen LogP) is 9.16. The molecule has 1 atom stereocenters. The number of nitrogens with two attached hydrogens (primary N) is 1. The van der Waals surface area contributed by atoms with E-state index in [0.717, 1.165) is 69.8 Å². The molecule has 0 aliphatic rings. The Bertz CT molecular complexity index is 1280. The van der Waals surface area contributed by atoms with Crippen molar-refractivity contribution in [3.63, 3.8) is 0 Å². The first kappa shape index (κ1) is 32.6. The summed E-state index contributed by atoms with van der Waals surface area (Å²) in [6, 6.07) is 12.1. The highest BCUT2D eigenvalue weighted by Gasteiger charge is 2.37. The molecule has 0 aliphatic carbocycles. The molecule has 0 radical (unpaired) electrons. The van der Waals surface area contributed by atoms with Crippen LogP contribution in [0.3, 0.4) is 0 Å². The lowest BCUT2D eigenvalue weighted by Gasteiger charge is -2.41. The monoisotopic (exact) mass is 563 g/mol. The maximum atomic E-state index is 13.9. The van der Waals surface area contributed by atoms with E-state index in [4.69, 9.17) is 14.9 Å². The minimum absolute atomic E-state index is 0.125. The molecule has 1 unspecified atom stereocenters. The molecule has 0 saturated heterocycles. The van der Waals surface area contributed by atoms with E-state index in [0.29, 0.717) is 40.7 Å². The average molecular weight is 564 g/mol. The Labute approximate surface area is 245 Å². The van der Waals surface area contributed by atoms with Crippen LogP contribution in [-0.2, 0) is 16.9 Å². The molecule has 6 heteroatoms. The van der Waals surface area contributed by atoms with Crippen LogP contribution in [0.2, 0.25) is 0 Å². The third-order valence-electron chi connectivity index (χ3n) is 8.08. The lowest BCUT2D eigenvalue weighted by molar-refractivity contribution is -0.165. The number of rotatable bonds is 18. The third-order valence-corrected chi connectivity index (χ3v) is 8.08. The number of ketones is 1. The van der Waals surface area contributed by atoms with Crippen LogP contribution >= 0.6 is 0 Å². The smallest absolute Gasteiger partial charge is 0.335 e. The van der Waals surface area contributed by atoms with Crippen molar-refractivity contribution in [2.45, 2.75) is 123 Å². The summed E-state index contributed by atoms with van der Waals surface area (Å²) in [4.78, 5) is 25.6. The lowest BCUT2D eigenvalue weighted by atomic mass is 9.89. The topological polar surface area (TPSA) is 103 Å². The Morgan fingerprint density at radius 1 is 0.829 bits per heavy atom. The molecule has 1 heterocycles. The number of unbranched alkanes of at least 4 members (excludes halogenated alkanes) is 4. The van der Waals surface area contributed by atoms with Gasteiger partial charge in [0.1, 0.15) is 17.1 Å². The van der Waals surface area contributed by atoms with Crippen molar-refractivity contribution in [1.29, 1.82) is 0 Å². The van der Waals surface area contributed by atoms with Gasteiger partial charge in [-0.05, 0) is 62.8 Å². The van der Waals surface area contributed by atoms with Crippen LogP contribution in [0.1, 0.15) is 143 Å². The van der Waals surface area contributed by atoms with Crippen molar-refractivity contribution in [3.8, 4) is 0 Å². The summed E-state index contributed by atoms with van der Waals surface area (Å²) in [7, 11) is 0. The van der Waals surface area contributed by atoms with Crippen LogP contribution in [0, 0.1) is 0 Å². The lowest BCUT2D eigenvalue weighted by Crippen LogP contribution is -2.47. The fraction of sp³-hybridized carbons (Fsp3) is 0.543. The number of fused-ring (bicyclic) bond motifs is 1. The Balaban J connectivity index is 2.00. The highest BCUT2D eigenvalue weighted by Crippen LogP contribution is 2.37. The Kier molecular flexibility index (Phi) is 11.7. The fourth-order valence-electron chi connectivity index (χ4n) is 5.55. The number of aryl methyl sites for hydroxylation is 1. The maximum absolute atomic E-state index is 13.9. The normalized spacial score (nSPS) is 13.4. The first-order valence-corrected chi connectivity index (χ1v) is 15.5. The molecule has 0 spiro atoms. The summed E-state index contributed by atoms with van der Waals surface area (Å²) in [5.74, 6) is -0.625. The quantitative estimate of drug-likeness (QED) is 0.118. The van der Waals surface area contributed by atoms with Crippen molar-refractivity contribution in [3.05, 3.63) is 70.5 Å². The zero-order chi connectivity index (χ0) is 30.0. The van der Waals surface area contributed by atoms with Gasteiger partial charge in [-0.25, -0.2) is 4.79 Å². The summed E-state index contributed by atoms with van der Waals surface area (Å²) >= 11 is 0. The number of carboxylic acids is 1. The van der Waals surface area contributed by atoms with Crippen molar-refractivity contribution >= 4 is 22.7 Å². The van der Waals surface area contributed by atoms with Gasteiger partial charge < -0.3 is 14.3 Å². The summed E-state index contributed by atoms with van der Waals surface area (Å²) < 4.78 is 12.9. The van der Waals surface area contributed by atoms with Crippen LogP contribution < -0.4 is 5.73 Å². The van der Waals surface area contributed by atoms with Gasteiger partial charge in [0, 0.05) is 17.4 Å². The Hall–Kier alpha value is -2.96. The highest BCUT2D eigenvalue weighted by molar-refractivity contribution is 6.17. The van der Waals surface area contributed by atoms with Crippen molar-refractivity contribution < 1.29 is 23.8 Å². The second-order valence-electron chi connectivity index (χ2n) is 11.7. The van der Waals surface area contributed by atoms with Gasteiger partial charge in [-0.3, -0.25) is 10.5 Å². The summed E-state index contributed by atoms with van der Waals surface area (Å²) in [6.45, 7) is 10.8. The largest absolute Gasteiger partial charge is 0.478 e. The molecule has 2 aromatic carbocycles. The molecule has 0 amide bonds. The number of aromatic carboxylic acids is 1. The molecule has 0 bridgehead atoms. The molecule has 1 aromatic heterocycles. The van der Waals surface area contributed by atoms with E-state index in [2.05, 4.69) is 34.6 Å². The number of carbonyl (C=O) groups excluding carboxylic acids is 1. The fourth-order valence-corrected chi connectivity index (χ4v) is 5.55. The van der Waals surface area contributed by atoms with Crippen molar-refractivity contribution in [2.24, 2.45) is 5.73 Å². The zero-order valence-corrected chi connectivity index (χ0v) is 25.7. The second kappa shape index (κ2) is 14.8. The van der Waals surface area contributed by atoms with Gasteiger partial charge in [0.05, 0.1) is 16.7 Å². The molecular formula is C35H49NO5. The van der Waals surface area contributed by atoms with Crippen LogP contribution in [0.5, 0.6) is 0 Å². The second-order valence-corrected chi connectivity index (χ2v) is 11.7. The van der Waals surface area contributed by atoms with E-state index in [1.54, 1.807) is 6.07 Å². The number of hydrogen-bond donors (Lipinski definition) is 2. The van der Waals surface area contributed by atoms with Crippen molar-refractivity contribution in [1.82, 2.24) is 0 Å². The molecular weight excluding hydrogens is 514 g/mol. The van der Waals surface area contributed by atoms with Crippen molar-refractivity contribution in [2.75, 3.05) is 0 Å². The standard InChI is InChI=1S/C35H49NO5/c1-6-10-14-30-31(28-24-26(33(38)39)17-20-29(28)40-30)32(37)25-15-18-27(19-16-25)35(36,23-13-9-4)41-34(5,21-11-7-2)22-12-8-3/h15-20,24H,6-14,21-23,36H2,1-5H3,(H,38,39). The number of carbonyl (C=O) groups is 2. The SMILES string of the molecule is CCCCc1oc2ccc(C(=O)O)cc2c1C(=O)c1ccc(C(N)(CCCC)OC(C)(CCCC)CCCC)cc1. The van der Waals surface area contributed by atoms with Gasteiger partial charge in [0.2, 0.25) is 0 Å². The maximum Gasteiger partial charge on any atom is 0.335 e. The molecule has 0 fully saturated rings. The predicted molar refractivity (Wildman–Crippen MR) is 166 cm³/mol. The van der Waals surface area contributed by atoms with E-state index in [-0.39, 0.29) is 16.9 Å². The van der Waals surface area contributed by atoms with E-state index in [1.807, 2.05) is 24.3 Å². The van der Waals surface area contributed by atoms with Gasteiger partial charge in [-0.2, -0.15) is 0 Å². The minimum atomic E-state index is -1.04. The molecule has 0 saturated carbocycles. The van der Waals surface area contributed by atoms with Gasteiger partial charge in [0.15, 0.2) is 5.78 Å². The van der Waals surface area contributed by atoms with E-state index < -0.39 is 11.7 Å². The zero-order valence-electron chi connectivity index (χ0n) is 25.7. The number of hydrogen-bond acceptors (Lipinski definition) is 5. The van der Waals surface area contributed by atoms with E-state index >= 15 is 0 Å². The third kappa shape index (κ3) is 8.08. The van der Waals surface area contributed by atoms with Crippen LogP contribution in [0.4, 0.5) is 0 Å². The van der Waals surface area contributed by atoms with Crippen LogP contribution in [0.15, 0.2) is 46.9 Å².